The van der Waals surface area contributed by atoms with Crippen molar-refractivity contribution in [2.75, 3.05) is 12.3 Å². The lowest BCUT2D eigenvalue weighted by Gasteiger charge is -2.12. The molecule has 1 aromatic carbocycles. The van der Waals surface area contributed by atoms with Gasteiger partial charge in [-0.2, -0.15) is 0 Å². The molecular weight excluding hydrogens is 194 g/mol. The summed E-state index contributed by atoms with van der Waals surface area (Å²) in [7, 11) is 0. The molecule has 1 saturated carbocycles. The van der Waals surface area contributed by atoms with Gasteiger partial charge in [-0.05, 0) is 24.1 Å². The fourth-order valence-electron chi connectivity index (χ4n) is 2.11. The first kappa shape index (κ1) is 9.98. The van der Waals surface area contributed by atoms with Gasteiger partial charge in [0.05, 0.1) is 5.41 Å². The zero-order valence-corrected chi connectivity index (χ0v) is 8.18. The molecule has 0 heterocycles. The second-order valence-electron chi connectivity index (χ2n) is 3.99. The molecule has 1 aliphatic carbocycles. The number of carbonyl (C=O) groups is 1. The van der Waals surface area contributed by atoms with Gasteiger partial charge in [0, 0.05) is 18.2 Å². The molecule has 0 radical (unpaired) electrons. The molecule has 1 fully saturated rings. The van der Waals surface area contributed by atoms with E-state index in [9.17, 15) is 9.90 Å². The molecule has 0 saturated heterocycles. The summed E-state index contributed by atoms with van der Waals surface area (Å²) in [4.78, 5) is 11.2. The number of aliphatic carboxylic acids is 1. The van der Waals surface area contributed by atoms with Crippen LogP contribution in [0, 0.1) is 5.92 Å². The van der Waals surface area contributed by atoms with Crippen LogP contribution in [0.15, 0.2) is 24.3 Å². The Bertz CT molecular complexity index is 405. The average Bonchev–Trinajstić information content (AvgIpc) is 2.93. The number of carboxylic acid groups (broad SMARTS) is 1. The Morgan fingerprint density at radius 1 is 1.60 bits per heavy atom. The summed E-state index contributed by atoms with van der Waals surface area (Å²) >= 11 is 0. The van der Waals surface area contributed by atoms with Gasteiger partial charge in [-0.15, -0.1) is 0 Å². The third-order valence-electron chi connectivity index (χ3n) is 3.11. The van der Waals surface area contributed by atoms with E-state index in [2.05, 4.69) is 0 Å². The topological polar surface area (TPSA) is 83.6 Å². The van der Waals surface area contributed by atoms with Crippen LogP contribution < -0.4 is 5.73 Å². The first-order valence-corrected chi connectivity index (χ1v) is 4.81. The second-order valence-corrected chi connectivity index (χ2v) is 3.99. The van der Waals surface area contributed by atoms with Crippen LogP contribution in [0.25, 0.3) is 0 Å². The van der Waals surface area contributed by atoms with E-state index in [1.165, 1.54) is 0 Å². The summed E-state index contributed by atoms with van der Waals surface area (Å²) in [6.45, 7) is -0.0961. The fraction of sp³-hybridized carbons (Fsp3) is 0.364. The molecule has 0 spiro atoms. The molecule has 0 aromatic heterocycles. The van der Waals surface area contributed by atoms with Gasteiger partial charge < -0.3 is 15.9 Å². The standard InChI is InChI=1S/C11H13NO3/c12-9-3-1-2-7(4-9)11(10(14)15)5-8(11)6-13/h1-4,8,13H,5-6,12H2,(H,14,15). The van der Waals surface area contributed by atoms with Gasteiger partial charge in [0.1, 0.15) is 0 Å². The zero-order valence-electron chi connectivity index (χ0n) is 8.18. The largest absolute Gasteiger partial charge is 0.481 e. The number of hydrogen-bond donors (Lipinski definition) is 3. The monoisotopic (exact) mass is 207 g/mol. The molecule has 2 rings (SSSR count). The van der Waals surface area contributed by atoms with E-state index < -0.39 is 11.4 Å². The van der Waals surface area contributed by atoms with Crippen LogP contribution in [0.3, 0.4) is 0 Å². The smallest absolute Gasteiger partial charge is 0.314 e. The second kappa shape index (κ2) is 3.24. The number of aliphatic hydroxyl groups excluding tert-OH is 1. The molecule has 80 valence electrons. The molecule has 2 atom stereocenters. The number of aliphatic hydroxyl groups is 1. The molecule has 4 nitrogen and oxygen atoms in total. The Morgan fingerprint density at radius 3 is 2.80 bits per heavy atom. The Morgan fingerprint density at radius 2 is 2.33 bits per heavy atom. The first-order chi connectivity index (χ1) is 7.11. The van der Waals surface area contributed by atoms with Gasteiger partial charge in [-0.1, -0.05) is 12.1 Å². The van der Waals surface area contributed by atoms with E-state index in [-0.39, 0.29) is 12.5 Å². The molecule has 4 N–H and O–H groups in total. The van der Waals surface area contributed by atoms with Gasteiger partial charge in [0.15, 0.2) is 0 Å². The Labute approximate surface area is 87.3 Å². The van der Waals surface area contributed by atoms with Gasteiger partial charge >= 0.3 is 5.97 Å². The predicted molar refractivity (Wildman–Crippen MR) is 55.4 cm³/mol. The van der Waals surface area contributed by atoms with E-state index in [0.29, 0.717) is 17.7 Å². The highest BCUT2D eigenvalue weighted by atomic mass is 16.4. The minimum atomic E-state index is -0.913. The summed E-state index contributed by atoms with van der Waals surface area (Å²) in [5, 5.41) is 18.2. The lowest BCUT2D eigenvalue weighted by Crippen LogP contribution is -2.23. The van der Waals surface area contributed by atoms with Crippen molar-refractivity contribution in [2.24, 2.45) is 5.92 Å². The number of nitrogen functional groups attached to an aromatic ring is 1. The number of anilines is 1. The first-order valence-electron chi connectivity index (χ1n) is 4.81. The predicted octanol–water partition coefficient (Wildman–Crippen LogP) is 0.603. The lowest BCUT2D eigenvalue weighted by atomic mass is 9.93. The number of rotatable bonds is 3. The summed E-state index contributed by atoms with van der Waals surface area (Å²) < 4.78 is 0. The number of hydrogen-bond acceptors (Lipinski definition) is 3. The quantitative estimate of drug-likeness (QED) is 0.634. The Hall–Kier alpha value is -1.55. The van der Waals surface area contributed by atoms with Crippen molar-refractivity contribution < 1.29 is 15.0 Å². The van der Waals surface area contributed by atoms with Crippen LogP contribution in [0.1, 0.15) is 12.0 Å². The molecule has 0 amide bonds. The van der Waals surface area contributed by atoms with E-state index in [0.717, 1.165) is 0 Å². The van der Waals surface area contributed by atoms with Crippen LogP contribution in [0.4, 0.5) is 5.69 Å². The fourth-order valence-corrected chi connectivity index (χ4v) is 2.11. The Kier molecular flexibility index (Phi) is 2.16. The molecule has 2 unspecified atom stereocenters. The summed E-state index contributed by atoms with van der Waals surface area (Å²) in [6.07, 6.45) is 0.488. The number of carboxylic acids is 1. The SMILES string of the molecule is Nc1cccc(C2(C(=O)O)CC2CO)c1. The third kappa shape index (κ3) is 1.37. The molecule has 4 heteroatoms. The lowest BCUT2D eigenvalue weighted by molar-refractivity contribution is -0.140. The number of nitrogens with two attached hydrogens (primary N) is 1. The van der Waals surface area contributed by atoms with Gasteiger partial charge in [0.25, 0.3) is 0 Å². The maximum absolute atomic E-state index is 11.2. The minimum absolute atomic E-state index is 0.0961. The van der Waals surface area contributed by atoms with E-state index in [1.54, 1.807) is 24.3 Å². The maximum atomic E-state index is 11.2. The van der Waals surface area contributed by atoms with Crippen molar-refractivity contribution in [3.8, 4) is 0 Å². The van der Waals surface area contributed by atoms with Crippen LogP contribution >= 0.6 is 0 Å². The van der Waals surface area contributed by atoms with Crippen molar-refractivity contribution in [3.05, 3.63) is 29.8 Å². The van der Waals surface area contributed by atoms with Crippen LogP contribution in [-0.4, -0.2) is 22.8 Å². The molecule has 0 bridgehead atoms. The van der Waals surface area contributed by atoms with E-state index in [4.69, 9.17) is 10.8 Å². The molecule has 15 heavy (non-hydrogen) atoms. The van der Waals surface area contributed by atoms with Gasteiger partial charge in [0.2, 0.25) is 0 Å². The average molecular weight is 207 g/mol. The third-order valence-corrected chi connectivity index (χ3v) is 3.11. The van der Waals surface area contributed by atoms with Crippen molar-refractivity contribution in [3.63, 3.8) is 0 Å². The van der Waals surface area contributed by atoms with Crippen molar-refractivity contribution in [1.82, 2.24) is 0 Å². The normalized spacial score (nSPS) is 28.7. The Balaban J connectivity index is 2.40. The minimum Gasteiger partial charge on any atom is -0.481 e. The molecule has 1 aromatic rings. The van der Waals surface area contributed by atoms with Gasteiger partial charge in [-0.3, -0.25) is 4.79 Å². The van der Waals surface area contributed by atoms with Crippen molar-refractivity contribution in [2.45, 2.75) is 11.8 Å². The van der Waals surface area contributed by atoms with Crippen molar-refractivity contribution in [1.29, 1.82) is 0 Å². The highest BCUT2D eigenvalue weighted by molar-refractivity contribution is 5.86. The summed E-state index contributed by atoms with van der Waals surface area (Å²) in [6, 6.07) is 6.88. The highest BCUT2D eigenvalue weighted by Crippen LogP contribution is 2.54. The molecule has 0 aliphatic heterocycles. The zero-order chi connectivity index (χ0) is 11.1. The van der Waals surface area contributed by atoms with Crippen LogP contribution in [0.2, 0.25) is 0 Å². The van der Waals surface area contributed by atoms with E-state index in [1.807, 2.05) is 0 Å². The van der Waals surface area contributed by atoms with Gasteiger partial charge in [-0.25, -0.2) is 0 Å². The van der Waals surface area contributed by atoms with Crippen LogP contribution in [0.5, 0.6) is 0 Å². The maximum Gasteiger partial charge on any atom is 0.314 e. The van der Waals surface area contributed by atoms with Crippen LogP contribution in [-0.2, 0) is 10.2 Å². The number of benzene rings is 1. The highest BCUT2D eigenvalue weighted by Gasteiger charge is 2.61. The molecular formula is C11H13NO3. The summed E-state index contributed by atoms with van der Waals surface area (Å²) in [5.74, 6) is -1.07. The van der Waals surface area contributed by atoms with E-state index >= 15 is 0 Å². The summed E-state index contributed by atoms with van der Waals surface area (Å²) in [5.41, 5.74) is 5.94. The molecule has 1 aliphatic rings. The van der Waals surface area contributed by atoms with Crippen molar-refractivity contribution >= 4 is 11.7 Å².